The Morgan fingerprint density at radius 3 is 2.20 bits per heavy atom. The lowest BCUT2D eigenvalue weighted by molar-refractivity contribution is -0.276. The molecule has 0 heterocycles. The second kappa shape index (κ2) is 4.19. The number of hydrogen-bond acceptors (Lipinski definition) is 5. The first-order valence-corrected chi connectivity index (χ1v) is 2.05. The van der Waals surface area contributed by atoms with Crippen molar-refractivity contribution in [1.82, 2.24) is 0 Å². The summed E-state index contributed by atoms with van der Waals surface area (Å²) in [5.74, 6) is 0. The molecule has 0 aliphatic heterocycles. The molecular weight excluding hydrogens is 144 g/mol. The van der Waals surface area contributed by atoms with Crippen LogP contribution in [-0.2, 0) is 9.47 Å². The monoisotopic (exact) mass is 147 g/mol. The maximum Gasteiger partial charge on any atom is 0.510 e. The standard InChI is InChI=1S/C4H4O6/c5-3(6)9-1-2-10-4(7)8/h1-2H,(H,5,6)(H,7,8)/p-1/b2-1+. The molecule has 1 N–H and O–H groups in total. The van der Waals surface area contributed by atoms with Crippen LogP contribution in [0.2, 0.25) is 0 Å². The number of carbonyl (C=O) groups excluding carboxylic acids is 1. The van der Waals surface area contributed by atoms with Gasteiger partial charge >= 0.3 is 6.16 Å². The molecule has 0 saturated heterocycles. The van der Waals surface area contributed by atoms with Crippen LogP contribution < -0.4 is 5.11 Å². The maximum atomic E-state index is 9.55. The fourth-order valence-corrected chi connectivity index (χ4v) is 0.169. The molecule has 0 aromatic carbocycles. The summed E-state index contributed by atoms with van der Waals surface area (Å²) < 4.78 is 7.34. The number of carbonyl (C=O) groups is 2. The van der Waals surface area contributed by atoms with Gasteiger partial charge in [0.25, 0.3) is 6.16 Å². The number of ether oxygens (including phenoxy) is 2. The molecular formula is C4H3O6-. The lowest BCUT2D eigenvalue weighted by Gasteiger charge is -1.97. The Kier molecular flexibility index (Phi) is 3.47. The maximum absolute atomic E-state index is 9.55. The minimum atomic E-state index is -1.79. The first-order chi connectivity index (χ1) is 4.63. The van der Waals surface area contributed by atoms with Gasteiger partial charge < -0.3 is 24.5 Å². The molecule has 0 aliphatic carbocycles. The Morgan fingerprint density at radius 1 is 1.30 bits per heavy atom. The third-order valence-corrected chi connectivity index (χ3v) is 0.389. The molecule has 6 heteroatoms. The number of carboxylic acid groups (broad SMARTS) is 2. The predicted molar refractivity (Wildman–Crippen MR) is 24.7 cm³/mol. The van der Waals surface area contributed by atoms with E-state index in [-0.39, 0.29) is 0 Å². The number of rotatable bonds is 2. The molecule has 0 rings (SSSR count). The van der Waals surface area contributed by atoms with Gasteiger partial charge in [-0.15, -0.1) is 0 Å². The van der Waals surface area contributed by atoms with Crippen LogP contribution in [0.1, 0.15) is 0 Å². The van der Waals surface area contributed by atoms with Crippen LogP contribution >= 0.6 is 0 Å². The normalized spacial score (nSPS) is 9.20. The zero-order valence-electron chi connectivity index (χ0n) is 4.64. The highest BCUT2D eigenvalue weighted by atomic mass is 16.7. The minimum Gasteiger partial charge on any atom is -0.519 e. The van der Waals surface area contributed by atoms with Crippen molar-refractivity contribution in [3.63, 3.8) is 0 Å². The van der Waals surface area contributed by atoms with E-state index < -0.39 is 12.3 Å². The summed E-state index contributed by atoms with van der Waals surface area (Å²) in [6, 6.07) is 0. The van der Waals surface area contributed by atoms with Crippen molar-refractivity contribution in [2.45, 2.75) is 0 Å². The second-order valence-corrected chi connectivity index (χ2v) is 1.02. The van der Waals surface area contributed by atoms with E-state index in [1.165, 1.54) is 0 Å². The van der Waals surface area contributed by atoms with Crippen LogP contribution in [0.15, 0.2) is 12.5 Å². The smallest absolute Gasteiger partial charge is 0.510 e. The molecule has 0 amide bonds. The quantitative estimate of drug-likeness (QED) is 0.418. The predicted octanol–water partition coefficient (Wildman–Crippen LogP) is -0.488. The topological polar surface area (TPSA) is 95.9 Å². The van der Waals surface area contributed by atoms with Crippen LogP contribution in [0.4, 0.5) is 9.59 Å². The highest BCUT2D eigenvalue weighted by molar-refractivity contribution is 5.58. The van der Waals surface area contributed by atoms with Gasteiger partial charge in [0.15, 0.2) is 0 Å². The second-order valence-electron chi connectivity index (χ2n) is 1.02. The van der Waals surface area contributed by atoms with Crippen LogP contribution in [0, 0.1) is 0 Å². The summed E-state index contributed by atoms with van der Waals surface area (Å²) in [4.78, 5) is 19.0. The molecule has 10 heavy (non-hydrogen) atoms. The van der Waals surface area contributed by atoms with Crippen molar-refractivity contribution in [3.8, 4) is 0 Å². The Hall–Kier alpha value is -1.72. The summed E-state index contributed by atoms with van der Waals surface area (Å²) in [6.45, 7) is 0. The molecule has 0 aromatic rings. The van der Waals surface area contributed by atoms with Gasteiger partial charge in [0.1, 0.15) is 6.26 Å². The van der Waals surface area contributed by atoms with Crippen molar-refractivity contribution < 1.29 is 29.3 Å². The van der Waals surface area contributed by atoms with Gasteiger partial charge in [0, 0.05) is 0 Å². The molecule has 0 atom stereocenters. The first-order valence-electron chi connectivity index (χ1n) is 2.05. The first kappa shape index (κ1) is 8.28. The van der Waals surface area contributed by atoms with Gasteiger partial charge in [-0.1, -0.05) is 0 Å². The van der Waals surface area contributed by atoms with Gasteiger partial charge in [-0.3, -0.25) is 0 Å². The van der Waals surface area contributed by atoms with Crippen molar-refractivity contribution >= 4 is 12.3 Å². The van der Waals surface area contributed by atoms with Crippen molar-refractivity contribution in [2.24, 2.45) is 0 Å². The van der Waals surface area contributed by atoms with E-state index in [0.717, 1.165) is 0 Å². The van der Waals surface area contributed by atoms with E-state index in [1.807, 2.05) is 0 Å². The van der Waals surface area contributed by atoms with Gasteiger partial charge in [0.2, 0.25) is 0 Å². The molecule has 0 aromatic heterocycles. The Morgan fingerprint density at radius 2 is 1.80 bits per heavy atom. The van der Waals surface area contributed by atoms with Gasteiger partial charge in [-0.05, 0) is 0 Å². The van der Waals surface area contributed by atoms with E-state index in [4.69, 9.17) is 5.11 Å². The van der Waals surface area contributed by atoms with Crippen LogP contribution in [0.5, 0.6) is 0 Å². The molecule has 0 saturated carbocycles. The zero-order valence-corrected chi connectivity index (χ0v) is 4.64. The summed E-state index contributed by atoms with van der Waals surface area (Å²) in [7, 11) is 0. The third-order valence-electron chi connectivity index (χ3n) is 0.389. The number of hydrogen-bond donors (Lipinski definition) is 1. The molecule has 0 fully saturated rings. The fraction of sp³-hybridized carbons (Fsp3) is 0. The molecule has 0 spiro atoms. The van der Waals surface area contributed by atoms with Crippen molar-refractivity contribution in [3.05, 3.63) is 12.5 Å². The Labute approximate surface area is 55.3 Å². The van der Waals surface area contributed by atoms with Crippen LogP contribution in [0.25, 0.3) is 0 Å². The highest BCUT2D eigenvalue weighted by Crippen LogP contribution is 1.80. The Bertz CT molecular complexity index is 141. The Balaban J connectivity index is 3.38. The van der Waals surface area contributed by atoms with E-state index in [9.17, 15) is 14.7 Å². The van der Waals surface area contributed by atoms with Crippen molar-refractivity contribution in [2.75, 3.05) is 0 Å². The molecule has 0 aliphatic rings. The van der Waals surface area contributed by atoms with E-state index in [2.05, 4.69) is 9.47 Å². The molecule has 56 valence electrons. The summed E-state index contributed by atoms with van der Waals surface area (Å²) in [5.41, 5.74) is 0. The van der Waals surface area contributed by atoms with Crippen molar-refractivity contribution in [1.29, 1.82) is 0 Å². The highest BCUT2D eigenvalue weighted by Gasteiger charge is 1.87. The van der Waals surface area contributed by atoms with E-state index in [1.54, 1.807) is 0 Å². The van der Waals surface area contributed by atoms with Crippen LogP contribution in [-0.4, -0.2) is 17.4 Å². The van der Waals surface area contributed by atoms with Gasteiger partial charge in [-0.25, -0.2) is 4.79 Å². The van der Waals surface area contributed by atoms with E-state index in [0.29, 0.717) is 12.5 Å². The lowest BCUT2D eigenvalue weighted by Crippen LogP contribution is -2.21. The lowest BCUT2D eigenvalue weighted by atomic mass is 11.0. The SMILES string of the molecule is O=C([O-])O/C=C/OC(=O)O. The summed E-state index contributed by atoms with van der Waals surface area (Å²) >= 11 is 0. The molecule has 0 bridgehead atoms. The average molecular weight is 147 g/mol. The van der Waals surface area contributed by atoms with Gasteiger partial charge in [-0.2, -0.15) is 0 Å². The molecule has 0 unspecified atom stereocenters. The fourth-order valence-electron chi connectivity index (χ4n) is 0.169. The van der Waals surface area contributed by atoms with E-state index >= 15 is 0 Å². The van der Waals surface area contributed by atoms with Crippen LogP contribution in [0.3, 0.4) is 0 Å². The largest absolute Gasteiger partial charge is 0.519 e. The minimum absolute atomic E-state index is 0.531. The summed E-state index contributed by atoms with van der Waals surface area (Å²) in [6.07, 6.45) is -2.26. The summed E-state index contributed by atoms with van der Waals surface area (Å²) in [5, 5.41) is 17.2. The average Bonchev–Trinajstić information content (AvgIpc) is 1.79. The molecule has 6 nitrogen and oxygen atoms in total. The van der Waals surface area contributed by atoms with Gasteiger partial charge in [0.05, 0.1) is 6.26 Å². The third kappa shape index (κ3) is 6.28. The molecule has 0 radical (unpaired) electrons. The zero-order chi connectivity index (χ0) is 7.98.